The van der Waals surface area contributed by atoms with Crippen molar-refractivity contribution in [2.75, 3.05) is 26.2 Å². The Labute approximate surface area is 129 Å². The van der Waals surface area contributed by atoms with Gasteiger partial charge in [-0.25, -0.2) is 0 Å². The van der Waals surface area contributed by atoms with Gasteiger partial charge in [0.15, 0.2) is 0 Å². The Morgan fingerprint density at radius 1 is 1.19 bits per heavy atom. The number of amides is 1. The summed E-state index contributed by atoms with van der Waals surface area (Å²) in [5.74, 6) is 0.930. The average molecular weight is 296 g/mol. The predicted octanol–water partition coefficient (Wildman–Crippen LogP) is 2.17. The second kappa shape index (κ2) is 8.74. The highest BCUT2D eigenvalue weighted by Gasteiger charge is 2.22. The van der Waals surface area contributed by atoms with E-state index in [-0.39, 0.29) is 11.8 Å². The summed E-state index contributed by atoms with van der Waals surface area (Å²) in [7, 11) is 0. The van der Waals surface area contributed by atoms with E-state index in [9.17, 15) is 9.90 Å². The highest BCUT2D eigenvalue weighted by Crippen LogP contribution is 2.30. The molecule has 0 spiro atoms. The van der Waals surface area contributed by atoms with Crippen molar-refractivity contribution >= 4 is 5.91 Å². The molecule has 1 aliphatic heterocycles. The van der Waals surface area contributed by atoms with E-state index in [1.165, 1.54) is 44.9 Å². The first kappa shape index (κ1) is 16.8. The molecule has 0 aromatic carbocycles. The Morgan fingerprint density at radius 2 is 1.86 bits per heavy atom. The van der Waals surface area contributed by atoms with Gasteiger partial charge >= 0.3 is 0 Å². The zero-order chi connectivity index (χ0) is 15.1. The molecule has 2 rings (SSSR count). The van der Waals surface area contributed by atoms with Crippen LogP contribution in [-0.4, -0.2) is 48.2 Å². The van der Waals surface area contributed by atoms with Crippen molar-refractivity contribution in [3.05, 3.63) is 0 Å². The van der Waals surface area contributed by atoms with E-state index >= 15 is 0 Å². The Bertz CT molecular complexity index is 310. The van der Waals surface area contributed by atoms with Gasteiger partial charge in [0.05, 0.1) is 6.10 Å². The Morgan fingerprint density at radius 3 is 2.52 bits per heavy atom. The average Bonchev–Trinajstić information content (AvgIpc) is 2.98. The monoisotopic (exact) mass is 296 g/mol. The van der Waals surface area contributed by atoms with Crippen LogP contribution in [0.5, 0.6) is 0 Å². The molecule has 4 nitrogen and oxygen atoms in total. The summed E-state index contributed by atoms with van der Waals surface area (Å²) in [6, 6.07) is 0. The minimum absolute atomic E-state index is 0.0790. The van der Waals surface area contributed by atoms with E-state index in [0.717, 1.165) is 25.4 Å². The number of carbonyl (C=O) groups excluding carboxylic acids is 1. The van der Waals surface area contributed by atoms with Gasteiger partial charge in [0.2, 0.25) is 5.91 Å². The molecule has 1 saturated carbocycles. The highest BCUT2D eigenvalue weighted by atomic mass is 16.3. The molecule has 2 fully saturated rings. The van der Waals surface area contributed by atoms with Gasteiger partial charge in [-0.15, -0.1) is 0 Å². The van der Waals surface area contributed by atoms with Gasteiger partial charge in [-0.3, -0.25) is 4.79 Å². The number of piperidine rings is 1. The third kappa shape index (κ3) is 5.95. The molecule has 0 radical (unpaired) electrons. The molecule has 1 amide bonds. The third-order valence-corrected chi connectivity index (χ3v) is 5.04. The molecule has 0 aromatic rings. The van der Waals surface area contributed by atoms with E-state index < -0.39 is 6.10 Å². The smallest absolute Gasteiger partial charge is 0.222 e. The lowest BCUT2D eigenvalue weighted by molar-refractivity contribution is -0.125. The number of nitrogens with zero attached hydrogens (tertiary/aromatic N) is 1. The third-order valence-electron chi connectivity index (χ3n) is 5.04. The molecule has 122 valence electrons. The second-order valence-corrected chi connectivity index (χ2v) is 7.05. The van der Waals surface area contributed by atoms with Gasteiger partial charge in [0.1, 0.15) is 0 Å². The van der Waals surface area contributed by atoms with Gasteiger partial charge in [-0.05, 0) is 38.3 Å². The number of hydrogen-bond donors (Lipinski definition) is 2. The molecule has 21 heavy (non-hydrogen) atoms. The van der Waals surface area contributed by atoms with Crippen LogP contribution in [0.3, 0.4) is 0 Å². The summed E-state index contributed by atoms with van der Waals surface area (Å²) < 4.78 is 0. The predicted molar refractivity (Wildman–Crippen MR) is 85.0 cm³/mol. The van der Waals surface area contributed by atoms with Crippen LogP contribution in [-0.2, 0) is 4.79 Å². The number of β-amino-alcohol motifs (C(OH)–C–C–N with tert-alkyl or cyclic N) is 1. The quantitative estimate of drug-likeness (QED) is 0.757. The number of nitrogens with one attached hydrogen (secondary N) is 1. The molecule has 0 aromatic heterocycles. The SMILES string of the molecule is CC(CC1CCCC1)C(=O)NC[C@H](O)CN1CCCCC1. The van der Waals surface area contributed by atoms with Crippen LogP contribution in [0.25, 0.3) is 0 Å². The van der Waals surface area contributed by atoms with Gasteiger partial charge in [-0.2, -0.15) is 0 Å². The van der Waals surface area contributed by atoms with Crippen LogP contribution in [0.2, 0.25) is 0 Å². The minimum Gasteiger partial charge on any atom is -0.390 e. The summed E-state index contributed by atoms with van der Waals surface area (Å²) >= 11 is 0. The topological polar surface area (TPSA) is 52.6 Å². The molecular formula is C17H32N2O2. The fraction of sp³-hybridized carbons (Fsp3) is 0.941. The van der Waals surface area contributed by atoms with E-state index in [2.05, 4.69) is 10.2 Å². The first-order valence-corrected chi connectivity index (χ1v) is 8.83. The highest BCUT2D eigenvalue weighted by molar-refractivity contribution is 5.78. The standard InChI is InChI=1S/C17H32N2O2/c1-14(11-15-7-3-4-8-15)17(21)18-12-16(20)13-19-9-5-2-6-10-19/h14-16,20H,2-13H2,1H3,(H,18,21)/t14?,16-/m0/s1. The van der Waals surface area contributed by atoms with Gasteiger partial charge in [-0.1, -0.05) is 39.0 Å². The first-order chi connectivity index (χ1) is 10.1. The number of likely N-dealkylation sites (tertiary alicyclic amines) is 1. The maximum Gasteiger partial charge on any atom is 0.222 e. The lowest BCUT2D eigenvalue weighted by atomic mass is 9.94. The molecule has 1 saturated heterocycles. The van der Waals surface area contributed by atoms with Gasteiger partial charge < -0.3 is 15.3 Å². The lowest BCUT2D eigenvalue weighted by Gasteiger charge is -2.28. The maximum absolute atomic E-state index is 12.1. The first-order valence-electron chi connectivity index (χ1n) is 8.83. The van der Waals surface area contributed by atoms with Crippen LogP contribution in [0.4, 0.5) is 0 Å². The molecule has 2 N–H and O–H groups in total. The lowest BCUT2D eigenvalue weighted by Crippen LogP contribution is -2.43. The van der Waals surface area contributed by atoms with E-state index in [4.69, 9.17) is 0 Å². The van der Waals surface area contributed by atoms with Gasteiger partial charge in [0.25, 0.3) is 0 Å². The van der Waals surface area contributed by atoms with Crippen LogP contribution in [0.1, 0.15) is 58.3 Å². The zero-order valence-corrected chi connectivity index (χ0v) is 13.5. The second-order valence-electron chi connectivity index (χ2n) is 7.05. The molecule has 2 aliphatic rings. The summed E-state index contributed by atoms with van der Waals surface area (Å²) in [5.41, 5.74) is 0. The fourth-order valence-corrected chi connectivity index (χ4v) is 3.75. The number of aliphatic hydroxyl groups is 1. The maximum atomic E-state index is 12.1. The number of carbonyl (C=O) groups is 1. The number of rotatable bonds is 7. The molecule has 1 unspecified atom stereocenters. The normalized spacial score (nSPS) is 23.9. The summed E-state index contributed by atoms with van der Waals surface area (Å²) in [6.07, 6.45) is 9.57. The van der Waals surface area contributed by atoms with Crippen molar-refractivity contribution in [3.8, 4) is 0 Å². The van der Waals surface area contributed by atoms with Crippen LogP contribution in [0.15, 0.2) is 0 Å². The number of hydrogen-bond acceptors (Lipinski definition) is 3. The molecule has 1 heterocycles. The van der Waals surface area contributed by atoms with Crippen molar-refractivity contribution in [2.24, 2.45) is 11.8 Å². The number of aliphatic hydroxyl groups excluding tert-OH is 1. The van der Waals surface area contributed by atoms with Crippen molar-refractivity contribution in [1.29, 1.82) is 0 Å². The van der Waals surface area contributed by atoms with E-state index in [0.29, 0.717) is 13.1 Å². The largest absolute Gasteiger partial charge is 0.390 e. The molecule has 2 atom stereocenters. The Hall–Kier alpha value is -0.610. The Balaban J connectivity index is 1.60. The summed E-state index contributed by atoms with van der Waals surface area (Å²) in [6.45, 7) is 5.28. The zero-order valence-electron chi connectivity index (χ0n) is 13.5. The molecular weight excluding hydrogens is 264 g/mol. The van der Waals surface area contributed by atoms with Crippen LogP contribution in [0, 0.1) is 11.8 Å². The molecule has 4 heteroatoms. The van der Waals surface area contributed by atoms with Gasteiger partial charge in [0, 0.05) is 19.0 Å². The van der Waals surface area contributed by atoms with Crippen LogP contribution < -0.4 is 5.32 Å². The summed E-state index contributed by atoms with van der Waals surface area (Å²) in [5, 5.41) is 13.0. The summed E-state index contributed by atoms with van der Waals surface area (Å²) in [4.78, 5) is 14.4. The fourth-order valence-electron chi connectivity index (χ4n) is 3.75. The van der Waals surface area contributed by atoms with Crippen molar-refractivity contribution in [2.45, 2.75) is 64.4 Å². The van der Waals surface area contributed by atoms with Crippen molar-refractivity contribution in [1.82, 2.24) is 10.2 Å². The van der Waals surface area contributed by atoms with Crippen LogP contribution >= 0.6 is 0 Å². The molecule has 0 bridgehead atoms. The minimum atomic E-state index is -0.439. The molecule has 1 aliphatic carbocycles. The van der Waals surface area contributed by atoms with E-state index in [1.807, 2.05) is 6.92 Å². The Kier molecular flexibility index (Phi) is 6.97. The van der Waals surface area contributed by atoms with Crippen molar-refractivity contribution < 1.29 is 9.90 Å². The van der Waals surface area contributed by atoms with Crippen molar-refractivity contribution in [3.63, 3.8) is 0 Å². The van der Waals surface area contributed by atoms with E-state index in [1.54, 1.807) is 0 Å².